The summed E-state index contributed by atoms with van der Waals surface area (Å²) in [4.78, 5) is 23.0. The number of H-pyrrole nitrogens is 1. The number of nitrogens with one attached hydrogen (secondary N) is 2. The Morgan fingerprint density at radius 3 is 2.72 bits per heavy atom. The third-order valence-electron chi connectivity index (χ3n) is 3.13. The van der Waals surface area contributed by atoms with Crippen molar-refractivity contribution < 1.29 is 9.72 Å². The highest BCUT2D eigenvalue weighted by molar-refractivity contribution is 7.19. The van der Waals surface area contributed by atoms with Gasteiger partial charge in [0, 0.05) is 12.1 Å². The van der Waals surface area contributed by atoms with Crippen LogP contribution in [0.25, 0.3) is 10.6 Å². The van der Waals surface area contributed by atoms with E-state index in [0.29, 0.717) is 15.6 Å². The van der Waals surface area contributed by atoms with Crippen LogP contribution in [0.2, 0.25) is 4.34 Å². The summed E-state index contributed by atoms with van der Waals surface area (Å²) in [7, 11) is 0. The molecule has 2 heterocycles. The van der Waals surface area contributed by atoms with Crippen LogP contribution in [0.5, 0.6) is 0 Å². The topological polar surface area (TPSA) is 113 Å². The maximum atomic E-state index is 12.0. The second-order valence-electron chi connectivity index (χ2n) is 4.82. The summed E-state index contributed by atoms with van der Waals surface area (Å²) in [6, 6.07) is 11.0. The molecule has 0 aliphatic heterocycles. The van der Waals surface area contributed by atoms with E-state index in [1.165, 1.54) is 41.8 Å². The van der Waals surface area contributed by atoms with Gasteiger partial charge in [0.1, 0.15) is 0 Å². The molecule has 0 aliphatic rings. The predicted octanol–water partition coefficient (Wildman–Crippen LogP) is 3.46. The van der Waals surface area contributed by atoms with Gasteiger partial charge in [0.25, 0.3) is 11.6 Å². The monoisotopic (exact) mass is 375 g/mol. The molecule has 0 spiro atoms. The van der Waals surface area contributed by atoms with Gasteiger partial charge >= 0.3 is 0 Å². The summed E-state index contributed by atoms with van der Waals surface area (Å²) in [5.41, 5.74) is 3.81. The van der Waals surface area contributed by atoms with Crippen molar-refractivity contribution in [2.24, 2.45) is 5.10 Å². The average Bonchev–Trinajstić information content (AvgIpc) is 3.24. The van der Waals surface area contributed by atoms with Crippen LogP contribution in [0.4, 0.5) is 5.69 Å². The van der Waals surface area contributed by atoms with E-state index in [1.54, 1.807) is 12.1 Å². The summed E-state index contributed by atoms with van der Waals surface area (Å²) in [6.07, 6.45) is 1.38. The maximum Gasteiger partial charge on any atom is 0.291 e. The van der Waals surface area contributed by atoms with Crippen LogP contribution in [-0.2, 0) is 0 Å². The van der Waals surface area contributed by atoms with Crippen molar-refractivity contribution in [2.75, 3.05) is 0 Å². The third kappa shape index (κ3) is 4.08. The molecule has 0 unspecified atom stereocenters. The molecule has 0 bridgehead atoms. The van der Waals surface area contributed by atoms with E-state index in [2.05, 4.69) is 20.7 Å². The Balaban J connectivity index is 1.62. The van der Waals surface area contributed by atoms with E-state index in [-0.39, 0.29) is 11.4 Å². The Kier molecular flexibility index (Phi) is 4.87. The molecule has 8 nitrogen and oxygen atoms in total. The van der Waals surface area contributed by atoms with E-state index in [1.807, 2.05) is 6.07 Å². The number of benzene rings is 1. The average molecular weight is 376 g/mol. The van der Waals surface area contributed by atoms with Crippen LogP contribution < -0.4 is 5.43 Å². The fourth-order valence-electron chi connectivity index (χ4n) is 1.93. The number of hydrazone groups is 1. The number of amides is 1. The first-order valence-corrected chi connectivity index (χ1v) is 8.11. The number of carbonyl (C=O) groups excluding carboxylic acids is 1. The van der Waals surface area contributed by atoms with Crippen LogP contribution in [-0.4, -0.2) is 27.2 Å². The SMILES string of the molecule is O=C(N/N=C/c1ccc([N+](=O)[O-])cc1)c1cc(-c2ccc(Cl)s2)[nH]n1. The fourth-order valence-corrected chi connectivity index (χ4v) is 2.94. The van der Waals surface area contributed by atoms with Crippen molar-refractivity contribution >= 4 is 40.7 Å². The van der Waals surface area contributed by atoms with Gasteiger partial charge in [-0.3, -0.25) is 20.0 Å². The number of hydrogen-bond donors (Lipinski definition) is 2. The van der Waals surface area contributed by atoms with Crippen LogP contribution in [0.1, 0.15) is 16.1 Å². The zero-order valence-corrected chi connectivity index (χ0v) is 14.0. The Bertz CT molecular complexity index is 948. The van der Waals surface area contributed by atoms with Crippen molar-refractivity contribution in [1.29, 1.82) is 0 Å². The van der Waals surface area contributed by atoms with Gasteiger partial charge in [0.15, 0.2) is 5.69 Å². The van der Waals surface area contributed by atoms with E-state index < -0.39 is 10.8 Å². The minimum absolute atomic E-state index is 0.0149. The number of nitrogens with zero attached hydrogens (tertiary/aromatic N) is 3. The zero-order chi connectivity index (χ0) is 17.8. The van der Waals surface area contributed by atoms with Gasteiger partial charge in [-0.05, 0) is 35.9 Å². The number of nitro groups is 1. The fraction of sp³-hybridized carbons (Fsp3) is 0. The first kappa shape index (κ1) is 16.8. The molecule has 3 aromatic rings. The molecule has 1 aromatic carbocycles. The molecule has 0 saturated heterocycles. The number of rotatable bonds is 5. The zero-order valence-electron chi connectivity index (χ0n) is 12.5. The Morgan fingerprint density at radius 1 is 1.32 bits per heavy atom. The summed E-state index contributed by atoms with van der Waals surface area (Å²) in [5.74, 6) is -0.483. The van der Waals surface area contributed by atoms with Gasteiger partial charge in [0.05, 0.1) is 26.0 Å². The van der Waals surface area contributed by atoms with Gasteiger partial charge in [-0.15, -0.1) is 11.3 Å². The van der Waals surface area contributed by atoms with Gasteiger partial charge in [-0.1, -0.05) is 11.6 Å². The molecule has 0 saturated carbocycles. The normalized spacial score (nSPS) is 10.9. The minimum atomic E-state index is -0.487. The highest BCUT2D eigenvalue weighted by Crippen LogP contribution is 2.29. The molecule has 126 valence electrons. The summed E-state index contributed by atoms with van der Waals surface area (Å²) >= 11 is 7.25. The lowest BCUT2D eigenvalue weighted by molar-refractivity contribution is -0.384. The minimum Gasteiger partial charge on any atom is -0.276 e. The Morgan fingerprint density at radius 2 is 2.08 bits per heavy atom. The molecule has 10 heteroatoms. The number of nitro benzene ring substituents is 1. The number of aromatic amines is 1. The number of aromatic nitrogens is 2. The van der Waals surface area contributed by atoms with E-state index in [4.69, 9.17) is 11.6 Å². The lowest BCUT2D eigenvalue weighted by Crippen LogP contribution is -2.17. The van der Waals surface area contributed by atoms with Crippen LogP contribution in [0.3, 0.4) is 0 Å². The molecular weight excluding hydrogens is 366 g/mol. The molecule has 1 amide bonds. The first-order chi connectivity index (χ1) is 12.0. The summed E-state index contributed by atoms with van der Waals surface area (Å²) in [6.45, 7) is 0. The highest BCUT2D eigenvalue weighted by Gasteiger charge is 2.12. The number of carbonyl (C=O) groups is 1. The van der Waals surface area contributed by atoms with Crippen molar-refractivity contribution in [3.8, 4) is 10.6 Å². The summed E-state index contributed by atoms with van der Waals surface area (Å²) < 4.78 is 0.642. The number of thiophene rings is 1. The molecule has 0 aliphatic carbocycles. The molecular formula is C15H10ClN5O3S. The largest absolute Gasteiger partial charge is 0.291 e. The first-order valence-electron chi connectivity index (χ1n) is 6.92. The second-order valence-corrected chi connectivity index (χ2v) is 6.53. The van der Waals surface area contributed by atoms with Crippen molar-refractivity contribution in [1.82, 2.24) is 15.6 Å². The number of non-ortho nitro benzene ring substituents is 1. The molecule has 25 heavy (non-hydrogen) atoms. The van der Waals surface area contributed by atoms with Gasteiger partial charge in [0.2, 0.25) is 0 Å². The Labute approximate surface area is 150 Å². The smallest absolute Gasteiger partial charge is 0.276 e. The molecule has 3 rings (SSSR count). The van der Waals surface area contributed by atoms with Gasteiger partial charge in [-0.2, -0.15) is 10.2 Å². The standard InChI is InChI=1S/C15H10ClN5O3S/c16-14-6-5-13(25-14)11-7-12(19-18-11)15(22)20-17-8-9-1-3-10(4-2-9)21(23)24/h1-8H,(H,18,19)(H,20,22)/b17-8+. The quantitative estimate of drug-likeness (QED) is 0.403. The van der Waals surface area contributed by atoms with Crippen LogP contribution >= 0.6 is 22.9 Å². The van der Waals surface area contributed by atoms with Crippen molar-refractivity contribution in [2.45, 2.75) is 0 Å². The van der Waals surface area contributed by atoms with Crippen LogP contribution in [0, 0.1) is 10.1 Å². The lowest BCUT2D eigenvalue weighted by atomic mass is 10.2. The van der Waals surface area contributed by atoms with Gasteiger partial charge < -0.3 is 0 Å². The number of hydrogen-bond acceptors (Lipinski definition) is 6. The van der Waals surface area contributed by atoms with Gasteiger partial charge in [-0.25, -0.2) is 5.43 Å². The second kappa shape index (κ2) is 7.24. The molecule has 2 aromatic heterocycles. The lowest BCUT2D eigenvalue weighted by Gasteiger charge is -1.95. The number of halogens is 1. The van der Waals surface area contributed by atoms with Crippen molar-refractivity contribution in [3.63, 3.8) is 0 Å². The third-order valence-corrected chi connectivity index (χ3v) is 4.40. The molecule has 0 atom stereocenters. The Hall–Kier alpha value is -3.04. The van der Waals surface area contributed by atoms with Crippen molar-refractivity contribution in [3.05, 3.63) is 68.2 Å². The predicted molar refractivity (Wildman–Crippen MR) is 95.1 cm³/mol. The summed E-state index contributed by atoms with van der Waals surface area (Å²) in [5, 5.41) is 21.1. The molecule has 2 N–H and O–H groups in total. The highest BCUT2D eigenvalue weighted by atomic mass is 35.5. The molecule has 0 fully saturated rings. The molecule has 0 radical (unpaired) electrons. The maximum absolute atomic E-state index is 12.0. The van der Waals surface area contributed by atoms with E-state index >= 15 is 0 Å². The van der Waals surface area contributed by atoms with E-state index in [9.17, 15) is 14.9 Å². The van der Waals surface area contributed by atoms with E-state index in [0.717, 1.165) is 4.88 Å². The van der Waals surface area contributed by atoms with Crippen LogP contribution in [0.15, 0.2) is 47.6 Å².